The van der Waals surface area contributed by atoms with Crippen LogP contribution < -0.4 is 15.2 Å². The predicted octanol–water partition coefficient (Wildman–Crippen LogP) is 2.11. The molecule has 0 bridgehead atoms. The molecule has 5 rings (SSSR count). The molecular weight excluding hydrogens is 368 g/mol. The Balaban J connectivity index is 1.56. The van der Waals surface area contributed by atoms with Gasteiger partial charge in [0, 0.05) is 54.4 Å². The molecular formula is C21H22N6O2. The van der Waals surface area contributed by atoms with E-state index < -0.39 is 0 Å². The van der Waals surface area contributed by atoms with Gasteiger partial charge in [0.25, 0.3) is 11.4 Å². The van der Waals surface area contributed by atoms with Crippen molar-refractivity contribution in [2.45, 2.75) is 31.1 Å². The van der Waals surface area contributed by atoms with Crippen molar-refractivity contribution in [3.63, 3.8) is 0 Å². The summed E-state index contributed by atoms with van der Waals surface area (Å²) in [5.74, 6) is 1.86. The van der Waals surface area contributed by atoms with Gasteiger partial charge in [-0.15, -0.1) is 0 Å². The highest BCUT2D eigenvalue weighted by Gasteiger charge is 2.45. The Kier molecular flexibility index (Phi) is 4.26. The second-order valence-electron chi connectivity index (χ2n) is 7.68. The molecule has 3 aromatic rings. The van der Waals surface area contributed by atoms with Crippen molar-refractivity contribution >= 4 is 5.82 Å². The maximum Gasteiger partial charge on any atom is 0.257 e. The SMILES string of the molecule is COc1nccnc1N1CCCC2(CCc3c2nc(-c2cccnc2)[nH]c3=O)C1. The zero-order valence-corrected chi connectivity index (χ0v) is 16.3. The zero-order chi connectivity index (χ0) is 19.8. The average molecular weight is 390 g/mol. The van der Waals surface area contributed by atoms with Crippen LogP contribution in [0.25, 0.3) is 11.4 Å². The Hall–Kier alpha value is -3.29. The number of fused-ring (bicyclic) bond motifs is 2. The van der Waals surface area contributed by atoms with Crippen LogP contribution in [0.1, 0.15) is 30.5 Å². The van der Waals surface area contributed by atoms with Crippen molar-refractivity contribution in [1.82, 2.24) is 24.9 Å². The molecule has 4 heterocycles. The van der Waals surface area contributed by atoms with Gasteiger partial charge >= 0.3 is 0 Å². The highest BCUT2D eigenvalue weighted by molar-refractivity contribution is 5.55. The molecule has 1 aliphatic carbocycles. The number of ether oxygens (including phenoxy) is 1. The van der Waals surface area contributed by atoms with Gasteiger partial charge in [-0.3, -0.25) is 9.78 Å². The minimum absolute atomic E-state index is 0.0417. The molecule has 1 saturated heterocycles. The molecule has 0 amide bonds. The maximum absolute atomic E-state index is 12.8. The fraction of sp³-hybridized carbons (Fsp3) is 0.381. The van der Waals surface area contributed by atoms with E-state index in [9.17, 15) is 4.79 Å². The Bertz CT molecular complexity index is 1100. The van der Waals surface area contributed by atoms with Crippen LogP contribution in [-0.2, 0) is 11.8 Å². The molecule has 1 N–H and O–H groups in total. The van der Waals surface area contributed by atoms with Crippen molar-refractivity contribution in [1.29, 1.82) is 0 Å². The number of aromatic nitrogens is 5. The molecule has 1 unspecified atom stereocenters. The summed E-state index contributed by atoms with van der Waals surface area (Å²) in [4.78, 5) is 35.9. The molecule has 0 aromatic carbocycles. The first kappa shape index (κ1) is 17.8. The van der Waals surface area contributed by atoms with Crippen molar-refractivity contribution in [2.24, 2.45) is 0 Å². The summed E-state index contributed by atoms with van der Waals surface area (Å²) in [5, 5.41) is 0. The Morgan fingerprint density at radius 3 is 2.93 bits per heavy atom. The summed E-state index contributed by atoms with van der Waals surface area (Å²) < 4.78 is 5.42. The molecule has 1 spiro atoms. The molecule has 2 aliphatic rings. The summed E-state index contributed by atoms with van der Waals surface area (Å²) in [6.45, 7) is 1.63. The molecule has 1 aliphatic heterocycles. The van der Waals surface area contributed by atoms with Gasteiger partial charge in [-0.1, -0.05) is 0 Å². The van der Waals surface area contributed by atoms with E-state index in [2.05, 4.69) is 24.8 Å². The zero-order valence-electron chi connectivity index (χ0n) is 16.3. The number of methoxy groups -OCH3 is 1. The van der Waals surface area contributed by atoms with Crippen LogP contribution in [0.15, 0.2) is 41.7 Å². The van der Waals surface area contributed by atoms with Gasteiger partial charge in [0.1, 0.15) is 5.82 Å². The minimum Gasteiger partial charge on any atom is -0.478 e. The van der Waals surface area contributed by atoms with Crippen LogP contribution in [0.2, 0.25) is 0 Å². The van der Waals surface area contributed by atoms with E-state index in [-0.39, 0.29) is 11.0 Å². The number of pyridine rings is 1. The number of hydrogen-bond donors (Lipinski definition) is 1. The number of H-pyrrole nitrogens is 1. The van der Waals surface area contributed by atoms with Gasteiger partial charge in [-0.25, -0.2) is 15.0 Å². The smallest absolute Gasteiger partial charge is 0.257 e. The third kappa shape index (κ3) is 2.95. The minimum atomic E-state index is -0.165. The lowest BCUT2D eigenvalue weighted by Crippen LogP contribution is -2.46. The first-order chi connectivity index (χ1) is 14.2. The number of rotatable bonds is 3. The second-order valence-corrected chi connectivity index (χ2v) is 7.68. The topological polar surface area (TPSA) is 96.9 Å². The average Bonchev–Trinajstić information content (AvgIpc) is 3.12. The molecule has 8 nitrogen and oxygen atoms in total. The maximum atomic E-state index is 12.8. The normalized spacial score (nSPS) is 20.7. The van der Waals surface area contributed by atoms with Crippen molar-refractivity contribution < 1.29 is 4.74 Å². The lowest BCUT2D eigenvalue weighted by molar-refractivity contribution is 0.328. The van der Waals surface area contributed by atoms with E-state index >= 15 is 0 Å². The van der Waals surface area contributed by atoms with E-state index in [1.165, 1.54) is 0 Å². The van der Waals surface area contributed by atoms with Crippen molar-refractivity contribution in [3.05, 3.63) is 58.5 Å². The van der Waals surface area contributed by atoms with E-state index in [1.54, 1.807) is 31.9 Å². The van der Waals surface area contributed by atoms with Gasteiger partial charge in [0.05, 0.1) is 12.8 Å². The van der Waals surface area contributed by atoms with E-state index in [1.807, 2.05) is 12.1 Å². The Morgan fingerprint density at radius 2 is 2.10 bits per heavy atom. The first-order valence-electron chi connectivity index (χ1n) is 9.84. The molecule has 1 atom stereocenters. The standard InChI is InChI=1S/C21H22N6O2/c1-29-20-18(23-9-10-24-20)27-11-3-6-21(13-27)7-5-15-16(21)25-17(26-19(15)28)14-4-2-8-22-12-14/h2,4,8-10,12H,3,5-7,11,13H2,1H3,(H,25,26,28). The highest BCUT2D eigenvalue weighted by Crippen LogP contribution is 2.44. The highest BCUT2D eigenvalue weighted by atomic mass is 16.5. The van der Waals surface area contributed by atoms with Crippen molar-refractivity contribution in [3.8, 4) is 17.3 Å². The Labute approximate surface area is 168 Å². The quantitative estimate of drug-likeness (QED) is 0.731. The molecule has 8 heteroatoms. The van der Waals surface area contributed by atoms with Gasteiger partial charge in [0.15, 0.2) is 5.82 Å². The lowest BCUT2D eigenvalue weighted by atomic mass is 9.77. The number of anilines is 1. The Morgan fingerprint density at radius 1 is 1.21 bits per heavy atom. The van der Waals surface area contributed by atoms with Crippen LogP contribution in [0, 0.1) is 0 Å². The summed E-state index contributed by atoms with van der Waals surface area (Å²) >= 11 is 0. The fourth-order valence-electron chi connectivity index (χ4n) is 4.68. The van der Waals surface area contributed by atoms with Gasteiger partial charge < -0.3 is 14.6 Å². The summed E-state index contributed by atoms with van der Waals surface area (Å²) in [5.41, 5.74) is 2.34. The third-order valence-electron chi connectivity index (χ3n) is 6.02. The van der Waals surface area contributed by atoms with Crippen LogP contribution in [0.3, 0.4) is 0 Å². The summed E-state index contributed by atoms with van der Waals surface area (Å²) in [7, 11) is 1.61. The second kappa shape index (κ2) is 6.95. The van der Waals surface area contributed by atoms with Gasteiger partial charge in [-0.05, 0) is 37.8 Å². The lowest BCUT2D eigenvalue weighted by Gasteiger charge is -2.41. The van der Waals surface area contributed by atoms with Crippen LogP contribution in [0.5, 0.6) is 5.88 Å². The molecule has 1 fully saturated rings. The summed E-state index contributed by atoms with van der Waals surface area (Å²) in [6, 6.07) is 3.76. The van der Waals surface area contributed by atoms with Crippen LogP contribution >= 0.6 is 0 Å². The van der Waals surface area contributed by atoms with Crippen LogP contribution in [0.4, 0.5) is 5.82 Å². The monoisotopic (exact) mass is 390 g/mol. The molecule has 3 aromatic heterocycles. The third-order valence-corrected chi connectivity index (χ3v) is 6.02. The van der Waals surface area contributed by atoms with Gasteiger partial charge in [-0.2, -0.15) is 0 Å². The van der Waals surface area contributed by atoms with Gasteiger partial charge in [0.2, 0.25) is 0 Å². The van der Waals surface area contributed by atoms with E-state index in [4.69, 9.17) is 9.72 Å². The number of aromatic amines is 1. The van der Waals surface area contributed by atoms with E-state index in [0.29, 0.717) is 11.7 Å². The summed E-state index contributed by atoms with van der Waals surface area (Å²) in [6.07, 6.45) is 10.4. The van der Waals surface area contributed by atoms with Crippen molar-refractivity contribution in [2.75, 3.05) is 25.1 Å². The fourth-order valence-corrected chi connectivity index (χ4v) is 4.68. The van der Waals surface area contributed by atoms with E-state index in [0.717, 1.165) is 61.4 Å². The number of nitrogens with one attached hydrogen (secondary N) is 1. The first-order valence-corrected chi connectivity index (χ1v) is 9.84. The number of hydrogen-bond acceptors (Lipinski definition) is 7. The molecule has 0 radical (unpaired) electrons. The largest absolute Gasteiger partial charge is 0.478 e. The number of nitrogens with zero attached hydrogens (tertiary/aromatic N) is 5. The molecule has 0 saturated carbocycles. The van der Waals surface area contributed by atoms with Crippen LogP contribution in [-0.4, -0.2) is 45.1 Å². The molecule has 29 heavy (non-hydrogen) atoms. The number of piperidine rings is 1. The molecule has 148 valence electrons. The predicted molar refractivity (Wildman–Crippen MR) is 108 cm³/mol.